The molecule has 0 atom stereocenters. The van der Waals surface area contributed by atoms with E-state index in [1.165, 1.54) is 7.11 Å². The Morgan fingerprint density at radius 2 is 2.25 bits per heavy atom. The smallest absolute Gasteiger partial charge is 0.310 e. The van der Waals surface area contributed by atoms with Gasteiger partial charge >= 0.3 is 5.97 Å². The average Bonchev–Trinajstić information content (AvgIpc) is 2.21. The van der Waals surface area contributed by atoms with Crippen LogP contribution in [0.3, 0.4) is 0 Å². The van der Waals surface area contributed by atoms with Crippen molar-refractivity contribution in [2.45, 2.75) is 12.8 Å². The van der Waals surface area contributed by atoms with Crippen molar-refractivity contribution in [2.75, 3.05) is 7.11 Å². The fraction of sp³-hybridized carbons (Fsp3) is 0.333. The van der Waals surface area contributed by atoms with Gasteiger partial charge in [-0.1, -0.05) is 0 Å². The Morgan fingerprint density at radius 3 is 2.75 bits per heavy atom. The molecule has 0 unspecified atom stereocenters. The number of carbonyl (C=O) groups is 1. The van der Waals surface area contributed by atoms with Gasteiger partial charge in [-0.25, -0.2) is 8.78 Å². The Balaban J connectivity index is 3.15. The molecule has 1 N–H and O–H groups in total. The lowest BCUT2D eigenvalue weighted by Crippen LogP contribution is -2.17. The number of H-pyrrole nitrogens is 1. The SMILES string of the molecule is COC(=O)Cc1cc(C(F)F)c(=O)[nH]c1I. The van der Waals surface area contributed by atoms with Crippen molar-refractivity contribution in [1.82, 2.24) is 4.98 Å². The predicted octanol–water partition coefficient (Wildman–Crippen LogP) is 1.63. The zero-order valence-corrected chi connectivity index (χ0v) is 10.4. The minimum atomic E-state index is -2.86. The van der Waals surface area contributed by atoms with Crippen LogP contribution in [-0.2, 0) is 16.0 Å². The van der Waals surface area contributed by atoms with Crippen molar-refractivity contribution < 1.29 is 18.3 Å². The zero-order valence-electron chi connectivity index (χ0n) is 8.22. The molecule has 0 aromatic carbocycles. The van der Waals surface area contributed by atoms with Gasteiger partial charge in [-0.2, -0.15) is 0 Å². The first-order valence-electron chi connectivity index (χ1n) is 4.22. The van der Waals surface area contributed by atoms with E-state index in [2.05, 4.69) is 9.72 Å². The average molecular weight is 343 g/mol. The number of alkyl halides is 2. The maximum atomic E-state index is 12.4. The highest BCUT2D eigenvalue weighted by Gasteiger charge is 2.16. The van der Waals surface area contributed by atoms with E-state index >= 15 is 0 Å². The number of rotatable bonds is 3. The summed E-state index contributed by atoms with van der Waals surface area (Å²) in [6.07, 6.45) is -3.01. The van der Waals surface area contributed by atoms with Crippen molar-refractivity contribution in [1.29, 1.82) is 0 Å². The second-order valence-electron chi connectivity index (χ2n) is 2.95. The number of ether oxygens (including phenoxy) is 1. The first kappa shape index (κ1) is 13.1. The van der Waals surface area contributed by atoms with E-state index in [-0.39, 0.29) is 6.42 Å². The first-order valence-corrected chi connectivity index (χ1v) is 5.30. The van der Waals surface area contributed by atoms with Gasteiger partial charge in [0.25, 0.3) is 12.0 Å². The third-order valence-electron chi connectivity index (χ3n) is 1.89. The van der Waals surface area contributed by atoms with E-state index in [9.17, 15) is 18.4 Å². The lowest BCUT2D eigenvalue weighted by molar-refractivity contribution is -0.139. The normalized spacial score (nSPS) is 10.6. The van der Waals surface area contributed by atoms with Crippen molar-refractivity contribution in [3.63, 3.8) is 0 Å². The summed E-state index contributed by atoms with van der Waals surface area (Å²) in [6.45, 7) is 0. The summed E-state index contributed by atoms with van der Waals surface area (Å²) in [5.74, 6) is -0.551. The number of aromatic amines is 1. The Hall–Kier alpha value is -0.990. The topological polar surface area (TPSA) is 59.2 Å². The van der Waals surface area contributed by atoms with Crippen LogP contribution in [0.1, 0.15) is 17.6 Å². The molecular formula is C9H8F2INO3. The van der Waals surface area contributed by atoms with Crippen LogP contribution >= 0.6 is 22.6 Å². The maximum absolute atomic E-state index is 12.4. The summed E-state index contributed by atoms with van der Waals surface area (Å²) >= 11 is 1.77. The molecule has 0 aliphatic heterocycles. The van der Waals surface area contributed by atoms with Crippen LogP contribution in [0.5, 0.6) is 0 Å². The van der Waals surface area contributed by atoms with E-state index < -0.39 is 23.5 Å². The molecule has 0 aliphatic rings. The van der Waals surface area contributed by atoms with Gasteiger partial charge in [0.05, 0.1) is 22.8 Å². The number of nitrogens with one attached hydrogen (secondary N) is 1. The van der Waals surface area contributed by atoms with Crippen LogP contribution in [0.2, 0.25) is 0 Å². The molecule has 0 saturated heterocycles. The third-order valence-corrected chi connectivity index (χ3v) is 2.86. The summed E-state index contributed by atoms with van der Waals surface area (Å²) < 4.78 is 29.6. The van der Waals surface area contributed by atoms with E-state index in [1.807, 2.05) is 0 Å². The van der Waals surface area contributed by atoms with Crippen LogP contribution in [0.15, 0.2) is 10.9 Å². The maximum Gasteiger partial charge on any atom is 0.310 e. The predicted molar refractivity (Wildman–Crippen MR) is 60.5 cm³/mol. The van der Waals surface area contributed by atoms with Crippen LogP contribution in [0.4, 0.5) is 8.78 Å². The molecule has 0 spiro atoms. The second-order valence-corrected chi connectivity index (χ2v) is 4.03. The van der Waals surface area contributed by atoms with Crippen molar-refractivity contribution in [3.8, 4) is 0 Å². The van der Waals surface area contributed by atoms with Crippen molar-refractivity contribution in [2.24, 2.45) is 0 Å². The summed E-state index contributed by atoms with van der Waals surface area (Å²) in [7, 11) is 1.20. The summed E-state index contributed by atoms with van der Waals surface area (Å²) in [5, 5.41) is 0. The van der Waals surface area contributed by atoms with Gasteiger partial charge in [0.1, 0.15) is 0 Å². The number of aromatic nitrogens is 1. The third kappa shape index (κ3) is 3.00. The number of methoxy groups -OCH3 is 1. The molecule has 16 heavy (non-hydrogen) atoms. The molecule has 4 nitrogen and oxygen atoms in total. The number of hydrogen-bond acceptors (Lipinski definition) is 3. The number of hydrogen-bond donors (Lipinski definition) is 1. The van der Waals surface area contributed by atoms with Gasteiger partial charge < -0.3 is 9.72 Å². The van der Waals surface area contributed by atoms with Gasteiger partial charge in [0.2, 0.25) is 0 Å². The Kier molecular flexibility index (Phi) is 4.39. The fourth-order valence-corrected chi connectivity index (χ4v) is 1.68. The van der Waals surface area contributed by atoms with Gasteiger partial charge in [-0.05, 0) is 34.2 Å². The summed E-state index contributed by atoms with van der Waals surface area (Å²) in [5.41, 5.74) is -1.16. The molecule has 0 aliphatic carbocycles. The quantitative estimate of drug-likeness (QED) is 0.516. The number of pyridine rings is 1. The Morgan fingerprint density at radius 1 is 1.62 bits per heavy atom. The minimum Gasteiger partial charge on any atom is -0.469 e. The molecule has 1 rings (SSSR count). The van der Waals surface area contributed by atoms with Crippen LogP contribution in [0.25, 0.3) is 0 Å². The van der Waals surface area contributed by atoms with Crippen LogP contribution in [0, 0.1) is 3.70 Å². The van der Waals surface area contributed by atoms with Gasteiger partial charge in [-0.3, -0.25) is 9.59 Å². The standard InChI is InChI=1S/C9H8F2INO3/c1-16-6(14)3-4-2-5(7(10)11)9(15)13-8(4)12/h2,7H,3H2,1H3,(H,13,15). The number of esters is 1. The highest BCUT2D eigenvalue weighted by atomic mass is 127. The molecule has 1 aromatic rings. The second kappa shape index (κ2) is 5.37. The molecule has 88 valence electrons. The first-order chi connectivity index (χ1) is 7.45. The highest BCUT2D eigenvalue weighted by Crippen LogP contribution is 2.18. The molecule has 0 radical (unpaired) electrons. The molecule has 0 bridgehead atoms. The monoisotopic (exact) mass is 343 g/mol. The van der Waals surface area contributed by atoms with E-state index in [4.69, 9.17) is 0 Å². The Labute approximate surface area is 103 Å². The van der Waals surface area contributed by atoms with Gasteiger partial charge in [0, 0.05) is 0 Å². The van der Waals surface area contributed by atoms with Gasteiger partial charge in [0.15, 0.2) is 0 Å². The number of halogens is 3. The number of carbonyl (C=O) groups excluding carboxylic acids is 1. The van der Waals surface area contributed by atoms with Crippen LogP contribution in [-0.4, -0.2) is 18.1 Å². The highest BCUT2D eigenvalue weighted by molar-refractivity contribution is 14.1. The summed E-state index contributed by atoms with van der Waals surface area (Å²) in [4.78, 5) is 24.4. The molecule has 0 fully saturated rings. The molecule has 1 heterocycles. The van der Waals surface area contributed by atoms with Gasteiger partial charge in [-0.15, -0.1) is 0 Å². The molecular weight excluding hydrogens is 335 g/mol. The van der Waals surface area contributed by atoms with Crippen LogP contribution < -0.4 is 5.56 Å². The van der Waals surface area contributed by atoms with E-state index in [0.29, 0.717) is 9.26 Å². The molecule has 7 heteroatoms. The largest absolute Gasteiger partial charge is 0.469 e. The fourth-order valence-electron chi connectivity index (χ4n) is 1.09. The zero-order chi connectivity index (χ0) is 12.3. The van der Waals surface area contributed by atoms with Crippen molar-refractivity contribution in [3.05, 3.63) is 31.2 Å². The molecule has 1 aromatic heterocycles. The van der Waals surface area contributed by atoms with E-state index in [1.54, 1.807) is 22.6 Å². The molecule has 0 saturated carbocycles. The van der Waals surface area contributed by atoms with E-state index in [0.717, 1.165) is 6.07 Å². The summed E-state index contributed by atoms with van der Waals surface area (Å²) in [6, 6.07) is 1.03. The minimum absolute atomic E-state index is 0.148. The lowest BCUT2D eigenvalue weighted by atomic mass is 10.1. The Bertz CT molecular complexity index is 459. The lowest BCUT2D eigenvalue weighted by Gasteiger charge is -2.05. The van der Waals surface area contributed by atoms with Crippen molar-refractivity contribution >= 4 is 28.6 Å². The molecule has 0 amide bonds.